The van der Waals surface area contributed by atoms with Gasteiger partial charge in [-0.05, 0) is 45.2 Å². The SMILES string of the molecule is CC(C)CN1CCC(CN)C1(C)C. The first-order valence-corrected chi connectivity index (χ1v) is 5.43. The molecule has 0 bridgehead atoms. The van der Waals surface area contributed by atoms with Crippen molar-refractivity contribution >= 4 is 0 Å². The lowest BCUT2D eigenvalue weighted by Crippen LogP contribution is -2.46. The van der Waals surface area contributed by atoms with Crippen LogP contribution in [0.25, 0.3) is 0 Å². The van der Waals surface area contributed by atoms with Crippen LogP contribution in [0.15, 0.2) is 0 Å². The van der Waals surface area contributed by atoms with E-state index in [1.807, 2.05) is 0 Å². The van der Waals surface area contributed by atoms with Crippen LogP contribution in [-0.4, -0.2) is 30.1 Å². The molecule has 1 fully saturated rings. The second-order valence-corrected chi connectivity index (χ2v) is 5.21. The Hall–Kier alpha value is -0.0800. The minimum Gasteiger partial charge on any atom is -0.330 e. The molecule has 1 saturated heterocycles. The van der Waals surface area contributed by atoms with Gasteiger partial charge in [-0.3, -0.25) is 4.90 Å². The molecular formula is C11H24N2. The molecule has 1 heterocycles. The van der Waals surface area contributed by atoms with Gasteiger partial charge in [0.2, 0.25) is 0 Å². The van der Waals surface area contributed by atoms with Crippen molar-refractivity contribution in [1.29, 1.82) is 0 Å². The van der Waals surface area contributed by atoms with Crippen molar-refractivity contribution in [1.82, 2.24) is 4.90 Å². The Bertz CT molecular complexity index is 163. The summed E-state index contributed by atoms with van der Waals surface area (Å²) in [5.74, 6) is 1.45. The Kier molecular flexibility index (Phi) is 3.36. The highest BCUT2D eigenvalue weighted by atomic mass is 15.2. The van der Waals surface area contributed by atoms with E-state index < -0.39 is 0 Å². The van der Waals surface area contributed by atoms with E-state index in [1.165, 1.54) is 19.5 Å². The van der Waals surface area contributed by atoms with Gasteiger partial charge in [0.05, 0.1) is 0 Å². The zero-order valence-electron chi connectivity index (χ0n) is 9.51. The van der Waals surface area contributed by atoms with Crippen molar-refractivity contribution in [3.63, 3.8) is 0 Å². The number of hydrogen-bond donors (Lipinski definition) is 1. The van der Waals surface area contributed by atoms with Crippen molar-refractivity contribution in [3.05, 3.63) is 0 Å². The minimum absolute atomic E-state index is 0.318. The predicted molar refractivity (Wildman–Crippen MR) is 57.7 cm³/mol. The summed E-state index contributed by atoms with van der Waals surface area (Å²) in [6.07, 6.45) is 1.27. The zero-order valence-corrected chi connectivity index (χ0v) is 9.51. The Morgan fingerprint density at radius 1 is 1.46 bits per heavy atom. The van der Waals surface area contributed by atoms with Gasteiger partial charge in [0.25, 0.3) is 0 Å². The lowest BCUT2D eigenvalue weighted by molar-refractivity contribution is 0.126. The monoisotopic (exact) mass is 184 g/mol. The minimum atomic E-state index is 0.318. The van der Waals surface area contributed by atoms with Gasteiger partial charge in [-0.2, -0.15) is 0 Å². The average Bonchev–Trinajstić information content (AvgIpc) is 2.26. The van der Waals surface area contributed by atoms with Crippen molar-refractivity contribution in [2.24, 2.45) is 17.6 Å². The lowest BCUT2D eigenvalue weighted by atomic mass is 9.88. The van der Waals surface area contributed by atoms with E-state index in [-0.39, 0.29) is 0 Å². The smallest absolute Gasteiger partial charge is 0.0194 e. The van der Waals surface area contributed by atoms with Gasteiger partial charge in [-0.25, -0.2) is 0 Å². The molecule has 0 aromatic carbocycles. The molecule has 0 aromatic rings. The van der Waals surface area contributed by atoms with Crippen LogP contribution >= 0.6 is 0 Å². The van der Waals surface area contributed by atoms with Crippen LogP contribution in [0.4, 0.5) is 0 Å². The summed E-state index contributed by atoms with van der Waals surface area (Å²) in [4.78, 5) is 2.59. The predicted octanol–water partition coefficient (Wildman–Crippen LogP) is 1.70. The maximum absolute atomic E-state index is 5.78. The molecule has 0 aromatic heterocycles. The van der Waals surface area contributed by atoms with Crippen LogP contribution in [0, 0.1) is 11.8 Å². The number of likely N-dealkylation sites (tertiary alicyclic amines) is 1. The summed E-state index contributed by atoms with van der Waals surface area (Å²) in [7, 11) is 0. The largest absolute Gasteiger partial charge is 0.330 e. The number of rotatable bonds is 3. The molecule has 13 heavy (non-hydrogen) atoms. The van der Waals surface area contributed by atoms with E-state index >= 15 is 0 Å². The molecule has 1 unspecified atom stereocenters. The third-order valence-corrected chi connectivity index (χ3v) is 3.43. The molecule has 1 atom stereocenters. The van der Waals surface area contributed by atoms with Crippen LogP contribution in [-0.2, 0) is 0 Å². The van der Waals surface area contributed by atoms with E-state index in [2.05, 4.69) is 32.6 Å². The van der Waals surface area contributed by atoms with Gasteiger partial charge < -0.3 is 5.73 Å². The quantitative estimate of drug-likeness (QED) is 0.723. The first-order chi connectivity index (χ1) is 5.98. The first-order valence-electron chi connectivity index (χ1n) is 5.43. The van der Waals surface area contributed by atoms with Gasteiger partial charge in [0.15, 0.2) is 0 Å². The van der Waals surface area contributed by atoms with E-state index in [0.717, 1.165) is 12.5 Å². The van der Waals surface area contributed by atoms with Gasteiger partial charge in [0.1, 0.15) is 0 Å². The average molecular weight is 184 g/mol. The molecule has 2 N–H and O–H groups in total. The molecule has 0 aliphatic carbocycles. The summed E-state index contributed by atoms with van der Waals surface area (Å²) >= 11 is 0. The molecule has 1 aliphatic rings. The third-order valence-electron chi connectivity index (χ3n) is 3.43. The summed E-state index contributed by atoms with van der Waals surface area (Å²) in [5, 5.41) is 0. The highest BCUT2D eigenvalue weighted by molar-refractivity contribution is 4.95. The Balaban J connectivity index is 2.58. The van der Waals surface area contributed by atoms with Crippen LogP contribution in [0.1, 0.15) is 34.1 Å². The van der Waals surface area contributed by atoms with Crippen LogP contribution in [0.5, 0.6) is 0 Å². The van der Waals surface area contributed by atoms with Crippen LogP contribution < -0.4 is 5.73 Å². The van der Waals surface area contributed by atoms with E-state index in [4.69, 9.17) is 5.73 Å². The molecule has 0 amide bonds. The van der Waals surface area contributed by atoms with Gasteiger partial charge in [-0.1, -0.05) is 13.8 Å². The summed E-state index contributed by atoms with van der Waals surface area (Å²) in [5.41, 5.74) is 6.09. The second-order valence-electron chi connectivity index (χ2n) is 5.21. The van der Waals surface area contributed by atoms with E-state index in [1.54, 1.807) is 0 Å². The normalized spacial score (nSPS) is 28.6. The summed E-state index contributed by atoms with van der Waals surface area (Å²) in [6, 6.07) is 0. The molecule has 2 nitrogen and oxygen atoms in total. The molecular weight excluding hydrogens is 160 g/mol. The molecule has 0 radical (unpaired) electrons. The van der Waals surface area contributed by atoms with Crippen molar-refractivity contribution in [2.45, 2.75) is 39.7 Å². The Labute approximate surface area is 82.5 Å². The fourth-order valence-electron chi connectivity index (χ4n) is 2.38. The first kappa shape index (κ1) is 11.0. The number of nitrogens with zero attached hydrogens (tertiary/aromatic N) is 1. The zero-order chi connectivity index (χ0) is 10.1. The van der Waals surface area contributed by atoms with Crippen molar-refractivity contribution < 1.29 is 0 Å². The topological polar surface area (TPSA) is 29.3 Å². The molecule has 1 aliphatic heterocycles. The van der Waals surface area contributed by atoms with E-state index in [9.17, 15) is 0 Å². The summed E-state index contributed by atoms with van der Waals surface area (Å²) in [6.45, 7) is 12.5. The van der Waals surface area contributed by atoms with Gasteiger partial charge in [-0.15, -0.1) is 0 Å². The maximum atomic E-state index is 5.78. The van der Waals surface area contributed by atoms with Crippen LogP contribution in [0.2, 0.25) is 0 Å². The van der Waals surface area contributed by atoms with Gasteiger partial charge in [0, 0.05) is 12.1 Å². The second kappa shape index (κ2) is 3.97. The van der Waals surface area contributed by atoms with E-state index in [0.29, 0.717) is 11.5 Å². The standard InChI is InChI=1S/C11H24N2/c1-9(2)8-13-6-5-10(7-12)11(13,3)4/h9-10H,5-8,12H2,1-4H3. The van der Waals surface area contributed by atoms with Gasteiger partial charge >= 0.3 is 0 Å². The number of hydrogen-bond acceptors (Lipinski definition) is 2. The Morgan fingerprint density at radius 3 is 2.46 bits per heavy atom. The van der Waals surface area contributed by atoms with Crippen molar-refractivity contribution in [2.75, 3.05) is 19.6 Å². The summed E-state index contributed by atoms with van der Waals surface area (Å²) < 4.78 is 0. The maximum Gasteiger partial charge on any atom is 0.0194 e. The molecule has 0 spiro atoms. The molecule has 78 valence electrons. The van der Waals surface area contributed by atoms with Crippen molar-refractivity contribution in [3.8, 4) is 0 Å². The highest BCUT2D eigenvalue weighted by Crippen LogP contribution is 2.34. The lowest BCUT2D eigenvalue weighted by Gasteiger charge is -2.36. The molecule has 2 heteroatoms. The molecule has 0 saturated carbocycles. The highest BCUT2D eigenvalue weighted by Gasteiger charge is 2.39. The fourth-order valence-corrected chi connectivity index (χ4v) is 2.38. The third kappa shape index (κ3) is 2.23. The Morgan fingerprint density at radius 2 is 2.08 bits per heavy atom. The fraction of sp³-hybridized carbons (Fsp3) is 1.00. The molecule has 1 rings (SSSR count). The number of nitrogens with two attached hydrogens (primary N) is 1. The van der Waals surface area contributed by atoms with Crippen LogP contribution in [0.3, 0.4) is 0 Å².